The van der Waals surface area contributed by atoms with Crippen LogP contribution in [0.5, 0.6) is 5.75 Å². The third-order valence-corrected chi connectivity index (χ3v) is 4.43. The summed E-state index contributed by atoms with van der Waals surface area (Å²) in [6.45, 7) is -0.441. The molecule has 1 unspecified atom stereocenters. The van der Waals surface area contributed by atoms with Crippen molar-refractivity contribution in [2.24, 2.45) is 0 Å². The summed E-state index contributed by atoms with van der Waals surface area (Å²) < 4.78 is 23.5. The Bertz CT molecular complexity index is 1090. The summed E-state index contributed by atoms with van der Waals surface area (Å²) in [7, 11) is 1.48. The standard InChI is InChI=1S/C24H21FN2O5/c1-31-20-9-5-8-17(14-20)23(29)26-15-21(28)32-22(16-6-3-2-4-7-16)24(30)27-19-12-10-18(25)11-13-19/h2-14,22H,15H2,1H3,(H,26,29)(H,27,30). The van der Waals surface area contributed by atoms with Gasteiger partial charge in [0.1, 0.15) is 18.1 Å². The highest BCUT2D eigenvalue weighted by molar-refractivity contribution is 5.98. The molecule has 3 aromatic carbocycles. The Hall–Kier alpha value is -4.20. The molecule has 1 atom stereocenters. The summed E-state index contributed by atoms with van der Waals surface area (Å²) in [6.07, 6.45) is -1.26. The molecule has 2 amide bonds. The number of ether oxygens (including phenoxy) is 2. The smallest absolute Gasteiger partial charge is 0.326 e. The van der Waals surface area contributed by atoms with E-state index in [0.717, 1.165) is 0 Å². The normalized spacial score (nSPS) is 11.2. The number of hydrogen-bond donors (Lipinski definition) is 2. The lowest BCUT2D eigenvalue weighted by atomic mass is 10.1. The minimum Gasteiger partial charge on any atom is -0.497 e. The zero-order valence-corrected chi connectivity index (χ0v) is 17.2. The van der Waals surface area contributed by atoms with Gasteiger partial charge in [-0.15, -0.1) is 0 Å². The van der Waals surface area contributed by atoms with Crippen LogP contribution in [-0.4, -0.2) is 31.4 Å². The van der Waals surface area contributed by atoms with Gasteiger partial charge in [0.05, 0.1) is 7.11 Å². The van der Waals surface area contributed by atoms with Crippen LogP contribution in [0.1, 0.15) is 22.0 Å². The van der Waals surface area contributed by atoms with Crippen molar-refractivity contribution in [3.63, 3.8) is 0 Å². The van der Waals surface area contributed by atoms with Crippen molar-refractivity contribution >= 4 is 23.5 Å². The van der Waals surface area contributed by atoms with Gasteiger partial charge in [-0.1, -0.05) is 36.4 Å². The van der Waals surface area contributed by atoms with Gasteiger partial charge in [-0.3, -0.25) is 14.4 Å². The monoisotopic (exact) mass is 436 g/mol. The molecule has 0 fully saturated rings. The Kier molecular flexibility index (Phi) is 7.53. The quantitative estimate of drug-likeness (QED) is 0.528. The summed E-state index contributed by atoms with van der Waals surface area (Å²) in [5.74, 6) is -1.85. The van der Waals surface area contributed by atoms with Crippen LogP contribution in [0.2, 0.25) is 0 Å². The maximum Gasteiger partial charge on any atom is 0.326 e. The first-order valence-electron chi connectivity index (χ1n) is 9.69. The van der Waals surface area contributed by atoms with Crippen molar-refractivity contribution in [2.75, 3.05) is 19.0 Å². The van der Waals surface area contributed by atoms with Crippen molar-refractivity contribution in [1.29, 1.82) is 0 Å². The molecule has 0 saturated carbocycles. The van der Waals surface area contributed by atoms with Gasteiger partial charge in [0, 0.05) is 16.8 Å². The van der Waals surface area contributed by atoms with Gasteiger partial charge in [-0.05, 0) is 42.5 Å². The lowest BCUT2D eigenvalue weighted by Gasteiger charge is -2.18. The van der Waals surface area contributed by atoms with Crippen LogP contribution in [-0.2, 0) is 14.3 Å². The van der Waals surface area contributed by atoms with E-state index in [-0.39, 0.29) is 0 Å². The van der Waals surface area contributed by atoms with E-state index >= 15 is 0 Å². The van der Waals surface area contributed by atoms with E-state index in [1.807, 2.05) is 0 Å². The second-order valence-electron chi connectivity index (χ2n) is 6.69. The SMILES string of the molecule is COc1cccc(C(=O)NCC(=O)OC(C(=O)Nc2ccc(F)cc2)c2ccccc2)c1. The average Bonchev–Trinajstić information content (AvgIpc) is 2.83. The number of rotatable bonds is 8. The molecule has 0 radical (unpaired) electrons. The second kappa shape index (κ2) is 10.7. The maximum atomic E-state index is 13.1. The first-order chi connectivity index (χ1) is 15.5. The second-order valence-corrected chi connectivity index (χ2v) is 6.69. The van der Waals surface area contributed by atoms with Gasteiger partial charge < -0.3 is 20.1 Å². The molecule has 8 heteroatoms. The van der Waals surface area contributed by atoms with Crippen molar-refractivity contribution in [3.8, 4) is 5.75 Å². The zero-order valence-electron chi connectivity index (χ0n) is 17.2. The van der Waals surface area contributed by atoms with Crippen molar-refractivity contribution in [1.82, 2.24) is 5.32 Å². The molecule has 3 aromatic rings. The number of anilines is 1. The molecule has 0 bridgehead atoms. The largest absolute Gasteiger partial charge is 0.497 e. The van der Waals surface area contributed by atoms with Gasteiger partial charge in [-0.25, -0.2) is 4.39 Å². The molecule has 0 aliphatic carbocycles. The van der Waals surface area contributed by atoms with E-state index in [4.69, 9.17) is 9.47 Å². The summed E-state index contributed by atoms with van der Waals surface area (Å²) in [5, 5.41) is 5.05. The fourth-order valence-electron chi connectivity index (χ4n) is 2.83. The first kappa shape index (κ1) is 22.5. The highest BCUT2D eigenvalue weighted by Crippen LogP contribution is 2.20. The molecule has 3 rings (SSSR count). The van der Waals surface area contributed by atoms with Gasteiger partial charge in [0.2, 0.25) is 6.10 Å². The van der Waals surface area contributed by atoms with Crippen LogP contribution in [0.4, 0.5) is 10.1 Å². The number of carbonyl (C=O) groups excluding carboxylic acids is 3. The summed E-state index contributed by atoms with van der Waals surface area (Å²) in [4.78, 5) is 37.5. The van der Waals surface area contributed by atoms with Crippen LogP contribution in [0.3, 0.4) is 0 Å². The Balaban J connectivity index is 1.66. The zero-order chi connectivity index (χ0) is 22.9. The van der Waals surface area contributed by atoms with Crippen molar-refractivity contribution in [2.45, 2.75) is 6.10 Å². The molecule has 7 nitrogen and oxygen atoms in total. The molecule has 0 saturated heterocycles. The van der Waals surface area contributed by atoms with E-state index in [2.05, 4.69) is 10.6 Å². The predicted molar refractivity (Wildman–Crippen MR) is 116 cm³/mol. The van der Waals surface area contributed by atoms with E-state index in [1.54, 1.807) is 48.5 Å². The predicted octanol–water partition coefficient (Wildman–Crippen LogP) is 3.49. The number of methoxy groups -OCH3 is 1. The third kappa shape index (κ3) is 6.15. The fourth-order valence-corrected chi connectivity index (χ4v) is 2.83. The lowest BCUT2D eigenvalue weighted by molar-refractivity contribution is -0.153. The van der Waals surface area contributed by atoms with Crippen molar-refractivity contribution < 1.29 is 28.2 Å². The summed E-state index contributed by atoms with van der Waals surface area (Å²) in [6, 6.07) is 20.1. The first-order valence-corrected chi connectivity index (χ1v) is 9.69. The lowest BCUT2D eigenvalue weighted by Crippen LogP contribution is -2.33. The topological polar surface area (TPSA) is 93.7 Å². The van der Waals surface area contributed by atoms with Gasteiger partial charge in [-0.2, -0.15) is 0 Å². The molecule has 0 spiro atoms. The molecule has 32 heavy (non-hydrogen) atoms. The van der Waals surface area contributed by atoms with E-state index in [0.29, 0.717) is 22.6 Å². The molecular weight excluding hydrogens is 415 g/mol. The van der Waals surface area contributed by atoms with Crippen LogP contribution in [0, 0.1) is 5.82 Å². The van der Waals surface area contributed by atoms with E-state index in [1.165, 1.54) is 37.4 Å². The van der Waals surface area contributed by atoms with Crippen LogP contribution < -0.4 is 15.4 Å². The number of nitrogens with one attached hydrogen (secondary N) is 2. The Morgan fingerprint density at radius 1 is 0.938 bits per heavy atom. The molecule has 164 valence electrons. The van der Waals surface area contributed by atoms with E-state index in [9.17, 15) is 18.8 Å². The Morgan fingerprint density at radius 3 is 2.34 bits per heavy atom. The van der Waals surface area contributed by atoms with Gasteiger partial charge in [0.25, 0.3) is 11.8 Å². The number of hydrogen-bond acceptors (Lipinski definition) is 5. The number of halogens is 1. The number of carbonyl (C=O) groups is 3. The Morgan fingerprint density at radius 2 is 1.66 bits per heavy atom. The summed E-state index contributed by atoms with van der Waals surface area (Å²) in [5.41, 5.74) is 1.10. The molecular formula is C24H21FN2O5. The number of esters is 1. The van der Waals surface area contributed by atoms with Crippen LogP contribution in [0.25, 0.3) is 0 Å². The molecule has 0 aliphatic heterocycles. The summed E-state index contributed by atoms with van der Waals surface area (Å²) >= 11 is 0. The third-order valence-electron chi connectivity index (χ3n) is 4.43. The van der Waals surface area contributed by atoms with Crippen LogP contribution >= 0.6 is 0 Å². The highest BCUT2D eigenvalue weighted by atomic mass is 19.1. The van der Waals surface area contributed by atoms with Crippen LogP contribution in [0.15, 0.2) is 78.9 Å². The van der Waals surface area contributed by atoms with Gasteiger partial charge >= 0.3 is 5.97 Å². The number of benzene rings is 3. The molecule has 2 N–H and O–H groups in total. The minimum atomic E-state index is -1.26. The fraction of sp³-hybridized carbons (Fsp3) is 0.125. The van der Waals surface area contributed by atoms with Gasteiger partial charge in [0.15, 0.2) is 0 Å². The maximum absolute atomic E-state index is 13.1. The highest BCUT2D eigenvalue weighted by Gasteiger charge is 2.25. The molecule has 0 aliphatic rings. The Labute approximate surface area is 184 Å². The van der Waals surface area contributed by atoms with E-state index < -0.39 is 36.2 Å². The molecule has 0 aromatic heterocycles. The average molecular weight is 436 g/mol. The minimum absolute atomic E-state index is 0.311. The molecule has 0 heterocycles. The number of amides is 2. The van der Waals surface area contributed by atoms with Crippen molar-refractivity contribution in [3.05, 3.63) is 95.8 Å².